The fourth-order valence-electron chi connectivity index (χ4n) is 4.68. The van der Waals surface area contributed by atoms with Gasteiger partial charge in [0.25, 0.3) is 0 Å². The summed E-state index contributed by atoms with van der Waals surface area (Å²) in [6, 6.07) is 20.6. The first-order chi connectivity index (χ1) is 18.5. The molecule has 0 unspecified atom stereocenters. The summed E-state index contributed by atoms with van der Waals surface area (Å²) in [4.78, 5) is 4.64. The van der Waals surface area contributed by atoms with Crippen molar-refractivity contribution in [1.82, 2.24) is 24.7 Å². The third-order valence-corrected chi connectivity index (χ3v) is 6.91. The minimum Gasteiger partial charge on any atom is -0.497 e. The third kappa shape index (κ3) is 6.04. The molecule has 38 heavy (non-hydrogen) atoms. The number of rotatable bonds is 8. The lowest BCUT2D eigenvalue weighted by molar-refractivity contribution is 0.102. The molecule has 5 rings (SSSR count). The van der Waals surface area contributed by atoms with Crippen molar-refractivity contribution in [1.29, 1.82) is 0 Å². The maximum atomic E-state index is 13.6. The van der Waals surface area contributed by atoms with Gasteiger partial charge in [0.15, 0.2) is 5.82 Å². The molecule has 1 fully saturated rings. The first-order valence-electron chi connectivity index (χ1n) is 12.3. The van der Waals surface area contributed by atoms with Crippen molar-refractivity contribution in [3.8, 4) is 5.75 Å². The minimum absolute atomic E-state index is 0.0969. The molecule has 10 heteroatoms. The molecular formula is C28H28F2N6OS. The number of hydrogen-bond acceptors (Lipinski definition) is 6. The van der Waals surface area contributed by atoms with E-state index in [-0.39, 0.29) is 17.7 Å². The molecule has 0 radical (unpaired) electrons. The number of aromatic nitrogens is 3. The number of nitrogens with one attached hydrogen (secondary N) is 1. The summed E-state index contributed by atoms with van der Waals surface area (Å²) in [6.07, 6.45) is 1.73. The van der Waals surface area contributed by atoms with Crippen LogP contribution in [0.4, 0.5) is 8.78 Å². The highest BCUT2D eigenvalue weighted by Crippen LogP contribution is 2.30. The minimum atomic E-state index is -0.279. The Hall–Kier alpha value is -3.73. The number of piperazine rings is 1. The van der Waals surface area contributed by atoms with Gasteiger partial charge in [0.1, 0.15) is 17.4 Å². The van der Waals surface area contributed by atoms with E-state index in [0.717, 1.165) is 54.4 Å². The summed E-state index contributed by atoms with van der Waals surface area (Å²) in [5.41, 5.74) is 2.83. The molecule has 2 heterocycles. The number of nitrogens with zero attached hydrogens (tertiary/aromatic N) is 5. The normalized spacial score (nSPS) is 14.9. The van der Waals surface area contributed by atoms with Crippen LogP contribution in [0.1, 0.15) is 28.6 Å². The molecule has 7 nitrogen and oxygen atoms in total. The van der Waals surface area contributed by atoms with Crippen LogP contribution in [0.5, 0.6) is 5.75 Å². The van der Waals surface area contributed by atoms with Crippen LogP contribution in [-0.2, 0) is 6.54 Å². The standard InChI is InChI=1S/C28H28F2N6OS/c1-37-25-4-2-3-20(17-25)18-31-36-26(32-33-28(36)38)19-34-13-15-35(16-14-34)27(21-5-9-23(29)10-6-21)22-7-11-24(30)12-8-22/h2-12,17-18,27H,13-16,19H2,1H3,(H,33,38)/b31-18+. The molecule has 1 saturated heterocycles. The predicted molar refractivity (Wildman–Crippen MR) is 145 cm³/mol. The molecule has 0 bridgehead atoms. The second-order valence-electron chi connectivity index (χ2n) is 9.10. The lowest BCUT2D eigenvalue weighted by Gasteiger charge is -2.39. The van der Waals surface area contributed by atoms with Gasteiger partial charge in [-0.1, -0.05) is 36.4 Å². The Morgan fingerprint density at radius 2 is 1.61 bits per heavy atom. The van der Waals surface area contributed by atoms with Crippen molar-refractivity contribution in [2.24, 2.45) is 5.10 Å². The Morgan fingerprint density at radius 1 is 0.974 bits per heavy atom. The number of hydrogen-bond donors (Lipinski definition) is 1. The lowest BCUT2D eigenvalue weighted by Crippen LogP contribution is -2.47. The molecule has 1 aliphatic heterocycles. The van der Waals surface area contributed by atoms with Crippen LogP contribution in [0, 0.1) is 16.4 Å². The van der Waals surface area contributed by atoms with Gasteiger partial charge in [-0.2, -0.15) is 14.9 Å². The summed E-state index contributed by atoms with van der Waals surface area (Å²) in [5.74, 6) is 0.913. The number of aromatic amines is 1. The molecule has 3 aromatic carbocycles. The topological polar surface area (TPSA) is 61.7 Å². The largest absolute Gasteiger partial charge is 0.497 e. The highest BCUT2D eigenvalue weighted by atomic mass is 32.1. The van der Waals surface area contributed by atoms with E-state index in [9.17, 15) is 8.78 Å². The zero-order valence-electron chi connectivity index (χ0n) is 20.9. The van der Waals surface area contributed by atoms with Crippen molar-refractivity contribution in [3.63, 3.8) is 0 Å². The van der Waals surface area contributed by atoms with Crippen LogP contribution in [0.15, 0.2) is 77.9 Å². The third-order valence-electron chi connectivity index (χ3n) is 6.64. The average molecular weight is 535 g/mol. The van der Waals surface area contributed by atoms with E-state index in [1.165, 1.54) is 24.3 Å². The highest BCUT2D eigenvalue weighted by molar-refractivity contribution is 7.71. The molecule has 1 N–H and O–H groups in total. The van der Waals surface area contributed by atoms with E-state index in [4.69, 9.17) is 17.0 Å². The number of H-pyrrole nitrogens is 1. The van der Waals surface area contributed by atoms with Gasteiger partial charge in [-0.25, -0.2) is 8.78 Å². The van der Waals surface area contributed by atoms with Crippen LogP contribution in [0.3, 0.4) is 0 Å². The quantitative estimate of drug-likeness (QED) is 0.254. The maximum Gasteiger partial charge on any atom is 0.216 e. The van der Waals surface area contributed by atoms with Crippen LogP contribution >= 0.6 is 12.2 Å². The molecule has 4 aromatic rings. The van der Waals surface area contributed by atoms with Gasteiger partial charge >= 0.3 is 0 Å². The molecule has 1 aromatic heterocycles. The zero-order chi connectivity index (χ0) is 26.5. The molecule has 196 valence electrons. The van der Waals surface area contributed by atoms with E-state index in [1.54, 1.807) is 42.3 Å². The van der Waals surface area contributed by atoms with Crippen molar-refractivity contribution in [3.05, 3.63) is 112 Å². The number of ether oxygens (including phenoxy) is 1. The summed E-state index contributed by atoms with van der Waals surface area (Å²) in [5, 5.41) is 11.8. The lowest BCUT2D eigenvalue weighted by atomic mass is 9.96. The second kappa shape index (κ2) is 11.8. The second-order valence-corrected chi connectivity index (χ2v) is 9.48. The maximum absolute atomic E-state index is 13.6. The van der Waals surface area contributed by atoms with Crippen molar-refractivity contribution in [2.45, 2.75) is 12.6 Å². The summed E-state index contributed by atoms with van der Waals surface area (Å²) >= 11 is 5.41. The Kier molecular flexibility index (Phi) is 8.02. The van der Waals surface area contributed by atoms with Gasteiger partial charge in [0.2, 0.25) is 4.77 Å². The SMILES string of the molecule is COc1cccc(/C=N/n2c(CN3CCN(C(c4ccc(F)cc4)c4ccc(F)cc4)CC3)n[nH]c2=S)c1. The fourth-order valence-corrected chi connectivity index (χ4v) is 4.87. The monoisotopic (exact) mass is 534 g/mol. The van der Waals surface area contributed by atoms with Crippen LogP contribution in [0.2, 0.25) is 0 Å². The smallest absolute Gasteiger partial charge is 0.216 e. The molecule has 0 amide bonds. The zero-order valence-corrected chi connectivity index (χ0v) is 21.7. The molecule has 1 aliphatic rings. The summed E-state index contributed by atoms with van der Waals surface area (Å²) in [7, 11) is 1.63. The molecule has 0 atom stereocenters. The fraction of sp³-hybridized carbons (Fsp3) is 0.250. The molecule has 0 saturated carbocycles. The van der Waals surface area contributed by atoms with E-state index >= 15 is 0 Å². The Bertz CT molecular complexity index is 1400. The van der Waals surface area contributed by atoms with Gasteiger partial charge in [-0.15, -0.1) is 0 Å². The van der Waals surface area contributed by atoms with Crippen molar-refractivity contribution < 1.29 is 13.5 Å². The molecule has 0 aliphatic carbocycles. The predicted octanol–water partition coefficient (Wildman–Crippen LogP) is 5.02. The van der Waals surface area contributed by atoms with Crippen molar-refractivity contribution in [2.75, 3.05) is 33.3 Å². The first-order valence-corrected chi connectivity index (χ1v) is 12.7. The van der Waals surface area contributed by atoms with Gasteiger partial charge in [-0.3, -0.25) is 14.9 Å². The van der Waals surface area contributed by atoms with E-state index in [2.05, 4.69) is 25.1 Å². The highest BCUT2D eigenvalue weighted by Gasteiger charge is 2.27. The van der Waals surface area contributed by atoms with Crippen LogP contribution in [0.25, 0.3) is 0 Å². The average Bonchev–Trinajstić information content (AvgIpc) is 3.29. The van der Waals surface area contributed by atoms with Gasteiger partial charge in [0, 0.05) is 26.2 Å². The Balaban J connectivity index is 1.29. The van der Waals surface area contributed by atoms with Gasteiger partial charge < -0.3 is 4.74 Å². The Labute approximate surface area is 225 Å². The van der Waals surface area contributed by atoms with Crippen LogP contribution < -0.4 is 4.74 Å². The van der Waals surface area contributed by atoms with Gasteiger partial charge in [-0.05, 0) is 65.3 Å². The number of benzene rings is 3. The Morgan fingerprint density at radius 3 is 2.21 bits per heavy atom. The molecule has 0 spiro atoms. The first kappa shape index (κ1) is 25.9. The van der Waals surface area contributed by atoms with E-state index < -0.39 is 0 Å². The summed E-state index contributed by atoms with van der Waals surface area (Å²) < 4.78 is 34.6. The van der Waals surface area contributed by atoms with E-state index in [0.29, 0.717) is 11.3 Å². The molecular weight excluding hydrogens is 506 g/mol. The van der Waals surface area contributed by atoms with Crippen molar-refractivity contribution >= 4 is 18.4 Å². The van der Waals surface area contributed by atoms with Crippen LogP contribution in [-0.4, -0.2) is 64.2 Å². The van der Waals surface area contributed by atoms with Gasteiger partial charge in [0.05, 0.1) is 25.9 Å². The number of methoxy groups -OCH3 is 1. The summed E-state index contributed by atoms with van der Waals surface area (Å²) in [6.45, 7) is 3.71. The number of halogens is 2. The van der Waals surface area contributed by atoms with E-state index in [1.807, 2.05) is 24.3 Å².